The molecule has 0 spiro atoms. The van der Waals surface area contributed by atoms with E-state index in [9.17, 15) is 5.11 Å². The van der Waals surface area contributed by atoms with Crippen LogP contribution in [0.25, 0.3) is 0 Å². The first-order valence-electron chi connectivity index (χ1n) is 7.03. The van der Waals surface area contributed by atoms with E-state index in [1.165, 1.54) is 4.88 Å². The lowest BCUT2D eigenvalue weighted by Gasteiger charge is -2.41. The number of aliphatic hydroxyl groups is 1. The molecule has 1 aliphatic rings. The number of rotatable bonds is 5. The van der Waals surface area contributed by atoms with Gasteiger partial charge in [0.1, 0.15) is 0 Å². The van der Waals surface area contributed by atoms with Crippen molar-refractivity contribution < 1.29 is 9.84 Å². The first-order valence-corrected chi connectivity index (χ1v) is 7.91. The fraction of sp³-hybridized carbons (Fsp3) is 0.733. The molecular formula is C15H25NO2S. The summed E-state index contributed by atoms with van der Waals surface area (Å²) in [6.45, 7) is 7.77. The van der Waals surface area contributed by atoms with Crippen molar-refractivity contribution >= 4 is 11.3 Å². The smallest absolute Gasteiger partial charge is 0.0709 e. The van der Waals surface area contributed by atoms with Gasteiger partial charge in [-0.05, 0) is 51.6 Å². The van der Waals surface area contributed by atoms with Crippen molar-refractivity contribution in [1.29, 1.82) is 0 Å². The van der Waals surface area contributed by atoms with Gasteiger partial charge in [-0.15, -0.1) is 11.3 Å². The number of hydrogen-bond acceptors (Lipinski definition) is 4. The Bertz CT molecular complexity index is 391. The molecule has 0 amide bonds. The second kappa shape index (κ2) is 5.92. The third-order valence-electron chi connectivity index (χ3n) is 3.83. The maximum atomic E-state index is 10.6. The molecule has 1 aromatic rings. The standard InChI is InChI=1S/C15H25NO2S/c1-12(13-5-4-10-19-13)16-8-6-15(17)7-9-18-14(2,3)11-15/h4-5,10,12,16-17H,6-9,11H2,1-3H3. The zero-order chi connectivity index (χ0) is 13.9. The maximum absolute atomic E-state index is 10.6. The van der Waals surface area contributed by atoms with Gasteiger partial charge in [-0.1, -0.05) is 6.07 Å². The van der Waals surface area contributed by atoms with Crippen LogP contribution < -0.4 is 5.32 Å². The normalized spacial score (nSPS) is 28.2. The van der Waals surface area contributed by atoms with E-state index >= 15 is 0 Å². The summed E-state index contributed by atoms with van der Waals surface area (Å²) in [4.78, 5) is 1.35. The molecule has 1 fully saturated rings. The Morgan fingerprint density at radius 2 is 2.32 bits per heavy atom. The highest BCUT2D eigenvalue weighted by atomic mass is 32.1. The van der Waals surface area contributed by atoms with E-state index in [4.69, 9.17) is 4.74 Å². The van der Waals surface area contributed by atoms with Gasteiger partial charge in [-0.25, -0.2) is 0 Å². The van der Waals surface area contributed by atoms with Gasteiger partial charge in [0.2, 0.25) is 0 Å². The van der Waals surface area contributed by atoms with E-state index in [1.54, 1.807) is 11.3 Å². The van der Waals surface area contributed by atoms with Crippen molar-refractivity contribution in [2.75, 3.05) is 13.2 Å². The summed E-state index contributed by atoms with van der Waals surface area (Å²) in [5, 5.41) is 16.2. The monoisotopic (exact) mass is 283 g/mol. The molecule has 108 valence electrons. The van der Waals surface area contributed by atoms with Crippen molar-refractivity contribution in [2.24, 2.45) is 0 Å². The quantitative estimate of drug-likeness (QED) is 0.872. The highest BCUT2D eigenvalue weighted by molar-refractivity contribution is 7.10. The van der Waals surface area contributed by atoms with Crippen LogP contribution in [0.1, 0.15) is 51.0 Å². The molecule has 1 aromatic heterocycles. The Labute approximate surface area is 120 Å². The van der Waals surface area contributed by atoms with Crippen LogP contribution in [-0.4, -0.2) is 29.5 Å². The highest BCUT2D eigenvalue weighted by Gasteiger charge is 2.38. The fourth-order valence-corrected chi connectivity index (χ4v) is 3.58. The molecule has 0 aromatic carbocycles. The number of ether oxygens (including phenoxy) is 1. The van der Waals surface area contributed by atoms with E-state index in [1.807, 2.05) is 0 Å². The van der Waals surface area contributed by atoms with Crippen molar-refractivity contribution in [1.82, 2.24) is 5.32 Å². The molecule has 19 heavy (non-hydrogen) atoms. The van der Waals surface area contributed by atoms with Gasteiger partial charge >= 0.3 is 0 Å². The molecule has 0 saturated carbocycles. The second-order valence-corrected chi connectivity index (χ2v) is 7.18. The molecule has 2 heterocycles. The Morgan fingerprint density at radius 3 is 2.95 bits per heavy atom. The van der Waals surface area contributed by atoms with Crippen LogP contribution in [0.3, 0.4) is 0 Å². The van der Waals surface area contributed by atoms with Crippen molar-refractivity contribution in [3.63, 3.8) is 0 Å². The largest absolute Gasteiger partial charge is 0.390 e. The fourth-order valence-electron chi connectivity index (χ4n) is 2.82. The van der Waals surface area contributed by atoms with Crippen molar-refractivity contribution in [3.8, 4) is 0 Å². The summed E-state index contributed by atoms with van der Waals surface area (Å²) < 4.78 is 5.67. The molecule has 0 radical (unpaired) electrons. The minimum absolute atomic E-state index is 0.202. The highest BCUT2D eigenvalue weighted by Crippen LogP contribution is 2.34. The van der Waals surface area contributed by atoms with Gasteiger partial charge in [0, 0.05) is 17.3 Å². The minimum Gasteiger partial charge on any atom is -0.390 e. The Balaban J connectivity index is 1.78. The van der Waals surface area contributed by atoms with Gasteiger partial charge in [0.25, 0.3) is 0 Å². The molecule has 1 saturated heterocycles. The first kappa shape index (κ1) is 15.0. The summed E-state index contributed by atoms with van der Waals surface area (Å²) in [5.41, 5.74) is -0.781. The predicted molar refractivity (Wildman–Crippen MR) is 79.6 cm³/mol. The zero-order valence-electron chi connectivity index (χ0n) is 12.1. The van der Waals surface area contributed by atoms with Gasteiger partial charge in [-0.3, -0.25) is 0 Å². The molecule has 0 bridgehead atoms. The molecule has 2 N–H and O–H groups in total. The lowest BCUT2D eigenvalue weighted by molar-refractivity contribution is -0.146. The van der Waals surface area contributed by atoms with Crippen LogP contribution in [0.2, 0.25) is 0 Å². The number of thiophene rings is 1. The molecule has 2 rings (SSSR count). The third kappa shape index (κ3) is 4.28. The second-order valence-electron chi connectivity index (χ2n) is 6.20. The number of nitrogens with one attached hydrogen (secondary N) is 1. The van der Waals surface area contributed by atoms with E-state index in [-0.39, 0.29) is 5.60 Å². The Hall–Kier alpha value is -0.420. The average Bonchev–Trinajstić information content (AvgIpc) is 2.80. The van der Waals surface area contributed by atoms with E-state index < -0.39 is 5.60 Å². The Kier molecular flexibility index (Phi) is 4.66. The lowest BCUT2D eigenvalue weighted by Crippen LogP contribution is -2.47. The number of hydrogen-bond donors (Lipinski definition) is 2. The van der Waals surface area contributed by atoms with Crippen LogP contribution in [0, 0.1) is 0 Å². The average molecular weight is 283 g/mol. The van der Waals surface area contributed by atoms with E-state index in [0.717, 1.165) is 25.8 Å². The topological polar surface area (TPSA) is 41.5 Å². The summed E-state index contributed by atoms with van der Waals surface area (Å²) in [7, 11) is 0. The van der Waals surface area contributed by atoms with Gasteiger partial charge < -0.3 is 15.2 Å². The maximum Gasteiger partial charge on any atom is 0.0709 e. The van der Waals surface area contributed by atoms with Crippen LogP contribution in [0.5, 0.6) is 0 Å². The molecule has 1 aliphatic heterocycles. The molecular weight excluding hydrogens is 258 g/mol. The Morgan fingerprint density at radius 1 is 1.53 bits per heavy atom. The van der Waals surface area contributed by atoms with Crippen LogP contribution >= 0.6 is 11.3 Å². The summed E-state index contributed by atoms with van der Waals surface area (Å²) >= 11 is 1.77. The molecule has 2 atom stereocenters. The van der Waals surface area contributed by atoms with Crippen molar-refractivity contribution in [2.45, 2.75) is 57.3 Å². The minimum atomic E-state index is -0.579. The van der Waals surface area contributed by atoms with E-state index in [0.29, 0.717) is 12.6 Å². The molecule has 4 heteroatoms. The summed E-state index contributed by atoms with van der Waals surface area (Å²) in [6.07, 6.45) is 2.25. The molecule has 2 unspecified atom stereocenters. The summed E-state index contributed by atoms with van der Waals surface area (Å²) in [5.74, 6) is 0. The SMILES string of the molecule is CC(NCCC1(O)CCOC(C)(C)C1)c1cccs1. The van der Waals surface area contributed by atoms with Gasteiger partial charge in [-0.2, -0.15) is 0 Å². The van der Waals surface area contributed by atoms with Crippen LogP contribution in [0.4, 0.5) is 0 Å². The third-order valence-corrected chi connectivity index (χ3v) is 4.88. The lowest BCUT2D eigenvalue weighted by atomic mass is 9.82. The molecule has 3 nitrogen and oxygen atoms in total. The van der Waals surface area contributed by atoms with Crippen LogP contribution in [-0.2, 0) is 4.74 Å². The van der Waals surface area contributed by atoms with Gasteiger partial charge in [0.15, 0.2) is 0 Å². The predicted octanol–water partition coefficient (Wildman–Crippen LogP) is 3.11. The van der Waals surface area contributed by atoms with Gasteiger partial charge in [0.05, 0.1) is 17.8 Å². The van der Waals surface area contributed by atoms with Crippen molar-refractivity contribution in [3.05, 3.63) is 22.4 Å². The van der Waals surface area contributed by atoms with Crippen LogP contribution in [0.15, 0.2) is 17.5 Å². The summed E-state index contributed by atoms with van der Waals surface area (Å²) in [6, 6.07) is 4.58. The molecule has 0 aliphatic carbocycles. The van der Waals surface area contributed by atoms with E-state index in [2.05, 4.69) is 43.6 Å². The zero-order valence-corrected chi connectivity index (χ0v) is 12.9. The first-order chi connectivity index (χ1) is 8.90.